The van der Waals surface area contributed by atoms with E-state index in [1.165, 1.54) is 37.9 Å². The number of epoxide rings is 1. The average molecular weight is 817 g/mol. The molecule has 3 amide bonds. The SMILES string of the molecule is CC[C@H](C)[C@H]1C(=O)N[C@H](Cc2cc(Cl)c(O)c(Cl)c2)C(=O)N[C@@H](C(C)(C)O)C(=O)O[C@H](c2ccccc2)[C@H](C)/C=C/C=C(\C)[C@H](OC)C[C@@H]2O[C@@]2(C)C(=O)N1C. The molecule has 0 radical (unpaired) electrons. The lowest BCUT2D eigenvalue weighted by Gasteiger charge is -2.35. The first-order chi connectivity index (χ1) is 26.2. The van der Waals surface area contributed by atoms with Crippen molar-refractivity contribution in [1.29, 1.82) is 0 Å². The van der Waals surface area contributed by atoms with Crippen molar-refractivity contribution in [2.24, 2.45) is 11.8 Å². The van der Waals surface area contributed by atoms with Gasteiger partial charge in [-0.3, -0.25) is 14.4 Å². The van der Waals surface area contributed by atoms with Crippen molar-refractivity contribution in [3.8, 4) is 5.75 Å². The van der Waals surface area contributed by atoms with Gasteiger partial charge >= 0.3 is 5.97 Å². The zero-order valence-electron chi connectivity index (χ0n) is 33.5. The highest BCUT2D eigenvalue weighted by atomic mass is 35.5. The molecule has 12 nitrogen and oxygen atoms in total. The minimum atomic E-state index is -1.83. The Hall–Kier alpha value is -3.94. The zero-order valence-corrected chi connectivity index (χ0v) is 35.0. The highest BCUT2D eigenvalue weighted by molar-refractivity contribution is 6.37. The molecule has 0 spiro atoms. The molecule has 1 saturated heterocycles. The normalized spacial score (nSPS) is 30.8. The van der Waals surface area contributed by atoms with Crippen LogP contribution in [-0.2, 0) is 39.8 Å². The van der Waals surface area contributed by atoms with Crippen molar-refractivity contribution in [3.05, 3.63) is 87.4 Å². The number of rotatable bonds is 7. The Bertz CT molecular complexity index is 1790. The summed E-state index contributed by atoms with van der Waals surface area (Å²) in [5.74, 6) is -3.89. The van der Waals surface area contributed by atoms with Crippen LogP contribution in [0.5, 0.6) is 5.75 Å². The highest BCUT2D eigenvalue weighted by Gasteiger charge is 2.61. The molecule has 0 saturated carbocycles. The second kappa shape index (κ2) is 18.5. The number of amides is 3. The van der Waals surface area contributed by atoms with E-state index in [0.717, 1.165) is 5.57 Å². The van der Waals surface area contributed by atoms with E-state index < -0.39 is 71.3 Å². The topological polar surface area (TPSA) is 167 Å². The summed E-state index contributed by atoms with van der Waals surface area (Å²) >= 11 is 12.5. The maximum atomic E-state index is 14.4. The van der Waals surface area contributed by atoms with Crippen molar-refractivity contribution < 1.29 is 43.6 Å². The van der Waals surface area contributed by atoms with E-state index in [4.69, 9.17) is 37.4 Å². The van der Waals surface area contributed by atoms with Crippen LogP contribution >= 0.6 is 23.2 Å². The highest BCUT2D eigenvalue weighted by Crippen LogP contribution is 2.42. The minimum absolute atomic E-state index is 0.0776. The number of hydrogen-bond acceptors (Lipinski definition) is 9. The molecule has 0 aromatic heterocycles. The third kappa shape index (κ3) is 10.5. The van der Waals surface area contributed by atoms with Crippen LogP contribution in [0.1, 0.15) is 78.5 Å². The monoisotopic (exact) mass is 815 g/mol. The first-order valence-corrected chi connectivity index (χ1v) is 19.6. The van der Waals surface area contributed by atoms with Gasteiger partial charge in [0.2, 0.25) is 11.8 Å². The van der Waals surface area contributed by atoms with Crippen LogP contribution in [0.15, 0.2) is 66.3 Å². The first kappa shape index (κ1) is 44.8. The Kier molecular flexibility index (Phi) is 14.8. The Morgan fingerprint density at radius 2 is 1.70 bits per heavy atom. The lowest BCUT2D eigenvalue weighted by Crippen LogP contribution is -2.61. The van der Waals surface area contributed by atoms with Crippen LogP contribution in [0.3, 0.4) is 0 Å². The Morgan fingerprint density at radius 1 is 1.07 bits per heavy atom. The molecule has 0 unspecified atom stereocenters. The summed E-state index contributed by atoms with van der Waals surface area (Å²) < 4.78 is 18.0. The van der Waals surface area contributed by atoms with E-state index in [-0.39, 0.29) is 34.1 Å². The maximum absolute atomic E-state index is 14.4. The molecule has 2 aliphatic heterocycles. The van der Waals surface area contributed by atoms with Crippen molar-refractivity contribution in [2.45, 2.75) is 115 Å². The number of phenolic OH excluding ortho intramolecular Hbond substituents is 1. The Labute approximate surface area is 339 Å². The number of halogens is 2. The van der Waals surface area contributed by atoms with Crippen molar-refractivity contribution >= 4 is 46.9 Å². The average Bonchev–Trinajstić information content (AvgIpc) is 3.81. The fraction of sp³-hybridized carbons (Fsp3) is 0.524. The molecule has 4 rings (SSSR count). The van der Waals surface area contributed by atoms with Gasteiger partial charge in [-0.1, -0.05) is 99.0 Å². The molecule has 2 aromatic rings. The van der Waals surface area contributed by atoms with E-state index in [1.807, 2.05) is 76.3 Å². The molecular formula is C42H55Cl2N3O9. The summed E-state index contributed by atoms with van der Waals surface area (Å²) in [6.07, 6.45) is 4.60. The number of esters is 1. The number of carbonyl (C=O) groups is 4. The number of methoxy groups -OCH3 is 1. The molecule has 56 heavy (non-hydrogen) atoms. The quantitative estimate of drug-likeness (QED) is 0.198. The molecule has 0 aliphatic carbocycles. The van der Waals surface area contributed by atoms with Gasteiger partial charge in [0.15, 0.2) is 17.4 Å². The molecule has 9 atom stereocenters. The summed E-state index contributed by atoms with van der Waals surface area (Å²) in [7, 11) is 3.11. The zero-order chi connectivity index (χ0) is 41.7. The van der Waals surface area contributed by atoms with Gasteiger partial charge in [-0.15, -0.1) is 0 Å². The van der Waals surface area contributed by atoms with Crippen LogP contribution in [0.2, 0.25) is 10.0 Å². The number of nitrogens with zero attached hydrogens (tertiary/aromatic N) is 1. The maximum Gasteiger partial charge on any atom is 0.332 e. The number of aliphatic hydroxyl groups is 1. The van der Waals surface area contributed by atoms with Gasteiger partial charge in [-0.25, -0.2) is 4.79 Å². The first-order valence-electron chi connectivity index (χ1n) is 18.8. The number of cyclic esters (lactones) is 1. The number of benzene rings is 2. The largest absolute Gasteiger partial charge is 0.505 e. The van der Waals surface area contributed by atoms with Crippen LogP contribution in [-0.4, -0.2) is 94.5 Å². The number of phenols is 1. The number of carbonyl (C=O) groups excluding carboxylic acids is 4. The second-order valence-electron chi connectivity index (χ2n) is 15.6. The van der Waals surface area contributed by atoms with Gasteiger partial charge in [0.1, 0.15) is 18.2 Å². The molecule has 4 N–H and O–H groups in total. The van der Waals surface area contributed by atoms with Gasteiger partial charge < -0.3 is 40.0 Å². The standard InChI is InChI=1S/C42H55Cl2N3O9/c1-10-23(2)33-38(50)45-30(21-26-19-28(43)34(48)29(44)20-26)37(49)46-36(41(5,6)53)39(51)55-35(27-17-12-11-13-18-27)25(4)16-14-15-24(3)31(54-9)22-32-42(7,56-32)40(52)47(33)8/h11-20,23,25,30-33,35-36,48,53H,10,21-22H2,1-9H3,(H,45,50)(H,46,49)/b16-14+,24-15+/t23-,25+,30+,31+,32-,33-,35-,36+,42+/m0/s1. The fourth-order valence-electron chi connectivity index (χ4n) is 7.01. The van der Waals surface area contributed by atoms with E-state index in [1.54, 1.807) is 14.0 Å². The van der Waals surface area contributed by atoms with Crippen molar-refractivity contribution in [1.82, 2.24) is 15.5 Å². The van der Waals surface area contributed by atoms with Gasteiger partial charge in [-0.05, 0) is 62.4 Å². The van der Waals surface area contributed by atoms with E-state index in [9.17, 15) is 29.4 Å². The number of ether oxygens (including phenoxy) is 3. The molecule has 2 aromatic carbocycles. The van der Waals surface area contributed by atoms with Crippen molar-refractivity contribution in [2.75, 3.05) is 14.2 Å². The van der Waals surface area contributed by atoms with Gasteiger partial charge in [0.25, 0.3) is 5.91 Å². The number of aromatic hydroxyl groups is 1. The summed E-state index contributed by atoms with van der Waals surface area (Å²) in [5.41, 5.74) is -1.12. The fourth-order valence-corrected chi connectivity index (χ4v) is 7.54. The Balaban J connectivity index is 1.83. The molecule has 1 fully saturated rings. The number of nitrogens with one attached hydrogen (secondary N) is 2. The number of allylic oxidation sites excluding steroid dienone is 2. The summed E-state index contributed by atoms with van der Waals surface area (Å²) in [6, 6.07) is 7.90. The van der Waals surface area contributed by atoms with Crippen molar-refractivity contribution in [3.63, 3.8) is 0 Å². The summed E-state index contributed by atoms with van der Waals surface area (Å²) in [6.45, 7) is 11.9. The lowest BCUT2D eigenvalue weighted by atomic mass is 9.93. The predicted octanol–water partition coefficient (Wildman–Crippen LogP) is 5.85. The van der Waals surface area contributed by atoms with E-state index >= 15 is 0 Å². The minimum Gasteiger partial charge on any atom is -0.505 e. The van der Waals surface area contributed by atoms with Gasteiger partial charge in [-0.2, -0.15) is 0 Å². The molecule has 306 valence electrons. The number of likely N-dealkylation sites (N-methyl/N-ethyl adjacent to an activating group) is 1. The number of hydrogen-bond donors (Lipinski definition) is 4. The van der Waals surface area contributed by atoms with Gasteiger partial charge in [0, 0.05) is 32.9 Å². The van der Waals surface area contributed by atoms with Crippen LogP contribution in [0.4, 0.5) is 0 Å². The third-order valence-electron chi connectivity index (χ3n) is 10.8. The second-order valence-corrected chi connectivity index (χ2v) is 16.4. The van der Waals surface area contributed by atoms with Gasteiger partial charge in [0.05, 0.1) is 27.9 Å². The Morgan fingerprint density at radius 3 is 2.27 bits per heavy atom. The van der Waals surface area contributed by atoms with Crippen LogP contribution < -0.4 is 10.6 Å². The van der Waals surface area contributed by atoms with E-state index in [2.05, 4.69) is 10.6 Å². The smallest absolute Gasteiger partial charge is 0.332 e. The lowest BCUT2D eigenvalue weighted by molar-refractivity contribution is -0.162. The predicted molar refractivity (Wildman–Crippen MR) is 214 cm³/mol. The molecule has 2 heterocycles. The van der Waals surface area contributed by atoms with Crippen LogP contribution in [0.25, 0.3) is 0 Å². The molecule has 0 bridgehead atoms. The summed E-state index contributed by atoms with van der Waals surface area (Å²) in [4.78, 5) is 58.3. The molecule has 2 aliphatic rings. The van der Waals surface area contributed by atoms with E-state index in [0.29, 0.717) is 24.0 Å². The summed E-state index contributed by atoms with van der Waals surface area (Å²) in [5, 5.41) is 26.8. The molecule has 14 heteroatoms. The van der Waals surface area contributed by atoms with Crippen LogP contribution in [0, 0.1) is 11.8 Å². The third-order valence-corrected chi connectivity index (χ3v) is 11.4. The number of fused-ring (bicyclic) bond motifs is 1. The molecular weight excluding hydrogens is 761 g/mol.